The van der Waals surface area contributed by atoms with E-state index in [0.29, 0.717) is 12.4 Å². The summed E-state index contributed by atoms with van der Waals surface area (Å²) in [5, 5.41) is 16.4. The quantitative estimate of drug-likeness (QED) is 0.926. The summed E-state index contributed by atoms with van der Waals surface area (Å²) < 4.78 is 2.53. The van der Waals surface area contributed by atoms with E-state index in [2.05, 4.69) is 31.1 Å². The molecule has 1 N–H and O–H groups in total. The van der Waals surface area contributed by atoms with Crippen LogP contribution in [-0.4, -0.2) is 30.8 Å². The number of nitrogens with zero attached hydrogens (tertiary/aromatic N) is 4. The number of carboxylic acids is 1. The molecule has 0 unspecified atom stereocenters. The van der Waals surface area contributed by atoms with Crippen LogP contribution in [0.1, 0.15) is 6.42 Å². The molecule has 0 saturated heterocycles. The molecule has 0 spiro atoms. The van der Waals surface area contributed by atoms with Gasteiger partial charge in [0.15, 0.2) is 5.82 Å². The van der Waals surface area contributed by atoms with E-state index in [1.807, 2.05) is 6.07 Å². The Balaban J connectivity index is 2.27. The van der Waals surface area contributed by atoms with Gasteiger partial charge in [0.05, 0.1) is 6.42 Å². The Kier molecular flexibility index (Phi) is 3.48. The van der Waals surface area contributed by atoms with Crippen LogP contribution in [0, 0.1) is 0 Å². The van der Waals surface area contributed by atoms with Crippen LogP contribution >= 0.6 is 15.9 Å². The van der Waals surface area contributed by atoms with Crippen LogP contribution in [0.3, 0.4) is 0 Å². The summed E-state index contributed by atoms with van der Waals surface area (Å²) >= 11 is 3.32. The number of rotatable bonds is 4. The number of carbonyl (C=O) groups is 1. The second-order valence-corrected chi connectivity index (χ2v) is 4.30. The summed E-state index contributed by atoms with van der Waals surface area (Å²) in [5.41, 5.74) is 0.794. The number of hydrogen-bond acceptors (Lipinski definition) is 4. The zero-order valence-corrected chi connectivity index (χ0v) is 10.3. The van der Waals surface area contributed by atoms with Gasteiger partial charge in [-0.3, -0.25) is 9.78 Å². The summed E-state index contributed by atoms with van der Waals surface area (Å²) in [7, 11) is 0. The number of aromatic nitrogens is 4. The molecule has 0 aliphatic heterocycles. The van der Waals surface area contributed by atoms with Crippen molar-refractivity contribution in [1.29, 1.82) is 0 Å². The van der Waals surface area contributed by atoms with E-state index in [-0.39, 0.29) is 6.42 Å². The SMILES string of the molecule is O=C(O)CCn1cnnc1-c1cncc(Br)c1. The van der Waals surface area contributed by atoms with Gasteiger partial charge in [-0.25, -0.2) is 0 Å². The zero-order chi connectivity index (χ0) is 12.3. The number of aliphatic carboxylic acids is 1. The van der Waals surface area contributed by atoms with E-state index >= 15 is 0 Å². The predicted molar refractivity (Wildman–Crippen MR) is 63.2 cm³/mol. The molecule has 6 nitrogen and oxygen atoms in total. The first kappa shape index (κ1) is 11.7. The van der Waals surface area contributed by atoms with E-state index in [1.165, 1.54) is 6.33 Å². The maximum Gasteiger partial charge on any atom is 0.305 e. The van der Waals surface area contributed by atoms with Crippen molar-refractivity contribution in [1.82, 2.24) is 19.7 Å². The highest BCUT2D eigenvalue weighted by Gasteiger charge is 2.09. The van der Waals surface area contributed by atoms with Crippen molar-refractivity contribution in [3.8, 4) is 11.4 Å². The van der Waals surface area contributed by atoms with Gasteiger partial charge in [-0.05, 0) is 22.0 Å². The molecule has 0 fully saturated rings. The molecule has 0 saturated carbocycles. The first-order valence-corrected chi connectivity index (χ1v) is 5.66. The van der Waals surface area contributed by atoms with Gasteiger partial charge < -0.3 is 9.67 Å². The monoisotopic (exact) mass is 296 g/mol. The van der Waals surface area contributed by atoms with Gasteiger partial charge in [-0.15, -0.1) is 10.2 Å². The predicted octanol–water partition coefficient (Wildman–Crippen LogP) is 1.58. The Morgan fingerprint density at radius 1 is 1.47 bits per heavy atom. The van der Waals surface area contributed by atoms with Gasteiger partial charge in [-0.2, -0.15) is 0 Å². The van der Waals surface area contributed by atoms with Crippen LogP contribution in [0.25, 0.3) is 11.4 Å². The van der Waals surface area contributed by atoms with Crippen LogP contribution in [0.15, 0.2) is 29.3 Å². The van der Waals surface area contributed by atoms with E-state index < -0.39 is 5.97 Å². The number of pyridine rings is 1. The van der Waals surface area contributed by atoms with Crippen molar-refractivity contribution in [2.24, 2.45) is 0 Å². The van der Waals surface area contributed by atoms with Crippen molar-refractivity contribution in [2.75, 3.05) is 0 Å². The second-order valence-electron chi connectivity index (χ2n) is 3.38. The molecule has 17 heavy (non-hydrogen) atoms. The molecule has 2 heterocycles. The highest BCUT2D eigenvalue weighted by molar-refractivity contribution is 9.10. The third-order valence-electron chi connectivity index (χ3n) is 2.15. The van der Waals surface area contributed by atoms with Crippen molar-refractivity contribution in [3.63, 3.8) is 0 Å². The van der Waals surface area contributed by atoms with Crippen molar-refractivity contribution >= 4 is 21.9 Å². The molecule has 0 aliphatic carbocycles. The molecule has 2 aromatic heterocycles. The highest BCUT2D eigenvalue weighted by Crippen LogP contribution is 2.19. The molecule has 7 heteroatoms. The number of hydrogen-bond donors (Lipinski definition) is 1. The van der Waals surface area contributed by atoms with Crippen molar-refractivity contribution in [2.45, 2.75) is 13.0 Å². The Bertz CT molecular complexity index is 541. The standard InChI is InChI=1S/C10H9BrN4O2/c11-8-3-7(4-12-5-8)10-14-13-6-15(10)2-1-9(16)17/h3-6H,1-2H2,(H,16,17). The van der Waals surface area contributed by atoms with Gasteiger partial charge in [0.1, 0.15) is 6.33 Å². The molecular weight excluding hydrogens is 288 g/mol. The summed E-state index contributed by atoms with van der Waals surface area (Å²) in [4.78, 5) is 14.6. The van der Waals surface area contributed by atoms with Crippen LogP contribution in [0.4, 0.5) is 0 Å². The lowest BCUT2D eigenvalue weighted by Gasteiger charge is -2.04. The minimum absolute atomic E-state index is 0.0342. The van der Waals surface area contributed by atoms with Gasteiger partial charge in [0.25, 0.3) is 0 Å². The lowest BCUT2D eigenvalue weighted by atomic mass is 10.2. The van der Waals surface area contributed by atoms with E-state index in [9.17, 15) is 4.79 Å². The van der Waals surface area contributed by atoms with Crippen LogP contribution < -0.4 is 0 Å². The van der Waals surface area contributed by atoms with Crippen LogP contribution in [0.2, 0.25) is 0 Å². The van der Waals surface area contributed by atoms with Crippen molar-refractivity contribution < 1.29 is 9.90 Å². The summed E-state index contributed by atoms with van der Waals surface area (Å²) in [6, 6.07) is 1.86. The molecule has 0 aliphatic rings. The number of aryl methyl sites for hydroxylation is 1. The minimum Gasteiger partial charge on any atom is -0.481 e. The third-order valence-corrected chi connectivity index (χ3v) is 2.58. The normalized spacial score (nSPS) is 10.4. The van der Waals surface area contributed by atoms with Gasteiger partial charge in [-0.1, -0.05) is 0 Å². The summed E-state index contributed by atoms with van der Waals surface area (Å²) in [6.45, 7) is 0.337. The third kappa shape index (κ3) is 2.88. The molecule has 88 valence electrons. The smallest absolute Gasteiger partial charge is 0.305 e. The lowest BCUT2D eigenvalue weighted by molar-refractivity contribution is -0.137. The van der Waals surface area contributed by atoms with Crippen molar-refractivity contribution in [3.05, 3.63) is 29.3 Å². The molecular formula is C10H9BrN4O2. The minimum atomic E-state index is -0.850. The molecule has 0 amide bonds. The lowest BCUT2D eigenvalue weighted by Crippen LogP contribution is -2.05. The van der Waals surface area contributed by atoms with E-state index in [0.717, 1.165) is 10.0 Å². The average Bonchev–Trinajstić information content (AvgIpc) is 2.74. The Morgan fingerprint density at radius 2 is 2.29 bits per heavy atom. The second kappa shape index (κ2) is 5.05. The zero-order valence-electron chi connectivity index (χ0n) is 8.75. The Morgan fingerprint density at radius 3 is 3.00 bits per heavy atom. The van der Waals surface area contributed by atoms with Crippen LogP contribution in [-0.2, 0) is 11.3 Å². The fourth-order valence-corrected chi connectivity index (χ4v) is 1.76. The Labute approximate surface area is 105 Å². The van der Waals surface area contributed by atoms with Gasteiger partial charge in [0, 0.05) is 29.0 Å². The van der Waals surface area contributed by atoms with E-state index in [1.54, 1.807) is 17.0 Å². The topological polar surface area (TPSA) is 80.9 Å². The summed E-state index contributed by atoms with van der Waals surface area (Å²) in [6.07, 6.45) is 4.87. The molecule has 2 rings (SSSR count). The fourth-order valence-electron chi connectivity index (χ4n) is 1.39. The first-order chi connectivity index (χ1) is 8.16. The average molecular weight is 297 g/mol. The number of carboxylic acid groups (broad SMARTS) is 1. The highest BCUT2D eigenvalue weighted by atomic mass is 79.9. The number of halogens is 1. The molecule has 0 aromatic carbocycles. The van der Waals surface area contributed by atoms with Gasteiger partial charge >= 0.3 is 5.97 Å². The van der Waals surface area contributed by atoms with Gasteiger partial charge in [0.2, 0.25) is 0 Å². The largest absolute Gasteiger partial charge is 0.481 e. The maximum absolute atomic E-state index is 10.5. The molecule has 0 radical (unpaired) electrons. The molecule has 2 aromatic rings. The molecule has 0 bridgehead atoms. The maximum atomic E-state index is 10.5. The van der Waals surface area contributed by atoms with Crippen LogP contribution in [0.5, 0.6) is 0 Å². The Hall–Kier alpha value is -1.76. The molecule has 0 atom stereocenters. The first-order valence-electron chi connectivity index (χ1n) is 4.87. The van der Waals surface area contributed by atoms with E-state index in [4.69, 9.17) is 5.11 Å². The fraction of sp³-hybridized carbons (Fsp3) is 0.200. The summed E-state index contributed by atoms with van der Waals surface area (Å²) in [5.74, 6) is -0.239.